The maximum Gasteiger partial charge on any atom is 0.337 e. The first-order valence-corrected chi connectivity index (χ1v) is 9.01. The predicted octanol–water partition coefficient (Wildman–Crippen LogP) is 0.242. The van der Waals surface area contributed by atoms with Crippen molar-refractivity contribution in [3.8, 4) is 0 Å². The third kappa shape index (κ3) is 5.26. The summed E-state index contributed by atoms with van der Waals surface area (Å²) in [5.41, 5.74) is 0.423. The fourth-order valence-corrected chi connectivity index (χ4v) is 3.00. The van der Waals surface area contributed by atoms with Crippen LogP contribution in [0.2, 0.25) is 0 Å². The molecule has 2 N–H and O–H groups in total. The summed E-state index contributed by atoms with van der Waals surface area (Å²) in [6.45, 7) is 2.53. The minimum absolute atomic E-state index is 0.0117. The molecule has 0 aromatic heterocycles. The molecule has 0 saturated carbocycles. The summed E-state index contributed by atoms with van der Waals surface area (Å²) < 4.78 is 9.53. The highest BCUT2D eigenvalue weighted by Gasteiger charge is 2.34. The van der Waals surface area contributed by atoms with Crippen LogP contribution in [0.15, 0.2) is 24.3 Å². The molecule has 10 heteroatoms. The average molecular weight is 407 g/mol. The first-order valence-electron chi connectivity index (χ1n) is 8.61. The van der Waals surface area contributed by atoms with Crippen LogP contribution in [0.3, 0.4) is 0 Å². The maximum atomic E-state index is 12.5. The van der Waals surface area contributed by atoms with E-state index in [1.165, 1.54) is 30.2 Å². The fourth-order valence-electron chi connectivity index (χ4n) is 2.68. The van der Waals surface area contributed by atoms with Crippen molar-refractivity contribution < 1.29 is 28.7 Å². The Kier molecular flexibility index (Phi) is 7.44. The SMILES string of the molecule is CCOC(=O)CC1C(=O)NCCN1C(=S)NC(=O)c1cccc(C(=O)OC)c1. The second kappa shape index (κ2) is 9.79. The zero-order chi connectivity index (χ0) is 20.7. The Morgan fingerprint density at radius 1 is 1.32 bits per heavy atom. The lowest BCUT2D eigenvalue weighted by Gasteiger charge is -2.36. The normalized spacial score (nSPS) is 16.0. The van der Waals surface area contributed by atoms with Crippen molar-refractivity contribution in [2.75, 3.05) is 26.8 Å². The van der Waals surface area contributed by atoms with E-state index in [9.17, 15) is 19.2 Å². The summed E-state index contributed by atoms with van der Waals surface area (Å²) in [7, 11) is 1.25. The summed E-state index contributed by atoms with van der Waals surface area (Å²) in [6, 6.07) is 5.08. The molecule has 1 aromatic carbocycles. The number of amides is 2. The molecule has 1 fully saturated rings. The van der Waals surface area contributed by atoms with Crippen molar-refractivity contribution in [1.82, 2.24) is 15.5 Å². The highest BCUT2D eigenvalue weighted by molar-refractivity contribution is 7.80. The Morgan fingerprint density at radius 2 is 2.04 bits per heavy atom. The van der Waals surface area contributed by atoms with Crippen LogP contribution in [0, 0.1) is 0 Å². The molecule has 2 rings (SSSR count). The lowest BCUT2D eigenvalue weighted by Crippen LogP contribution is -2.60. The maximum absolute atomic E-state index is 12.5. The van der Waals surface area contributed by atoms with Gasteiger partial charge in [-0.1, -0.05) is 6.07 Å². The van der Waals surface area contributed by atoms with Crippen LogP contribution in [-0.4, -0.2) is 66.6 Å². The number of carbonyl (C=O) groups excluding carboxylic acids is 4. The molecule has 150 valence electrons. The minimum Gasteiger partial charge on any atom is -0.466 e. The van der Waals surface area contributed by atoms with Gasteiger partial charge in [-0.2, -0.15) is 0 Å². The topological polar surface area (TPSA) is 114 Å². The molecule has 1 aliphatic rings. The van der Waals surface area contributed by atoms with Gasteiger partial charge in [0.15, 0.2) is 5.11 Å². The van der Waals surface area contributed by atoms with Crippen LogP contribution in [0.4, 0.5) is 0 Å². The van der Waals surface area contributed by atoms with E-state index >= 15 is 0 Å². The minimum atomic E-state index is -0.873. The quantitative estimate of drug-likeness (QED) is 0.527. The number of nitrogens with one attached hydrogen (secondary N) is 2. The molecule has 1 saturated heterocycles. The predicted molar refractivity (Wildman–Crippen MR) is 103 cm³/mol. The van der Waals surface area contributed by atoms with Gasteiger partial charge >= 0.3 is 11.9 Å². The molecule has 0 radical (unpaired) electrons. The van der Waals surface area contributed by atoms with Gasteiger partial charge in [0.1, 0.15) is 6.04 Å². The van der Waals surface area contributed by atoms with Crippen molar-refractivity contribution in [2.45, 2.75) is 19.4 Å². The number of piperazine rings is 1. The van der Waals surface area contributed by atoms with Crippen molar-refractivity contribution in [3.05, 3.63) is 35.4 Å². The third-order valence-corrected chi connectivity index (χ3v) is 4.36. The van der Waals surface area contributed by atoms with Crippen molar-refractivity contribution >= 4 is 41.1 Å². The summed E-state index contributed by atoms with van der Waals surface area (Å²) in [6.07, 6.45) is -0.187. The molecular formula is C18H21N3O6S. The van der Waals surface area contributed by atoms with E-state index in [-0.39, 0.29) is 35.2 Å². The molecular weight excluding hydrogens is 386 g/mol. The van der Waals surface area contributed by atoms with Gasteiger partial charge in [-0.15, -0.1) is 0 Å². The number of hydrogen-bond acceptors (Lipinski definition) is 7. The smallest absolute Gasteiger partial charge is 0.337 e. The summed E-state index contributed by atoms with van der Waals surface area (Å²) in [5, 5.41) is 5.22. The molecule has 28 heavy (non-hydrogen) atoms. The number of benzene rings is 1. The molecule has 1 heterocycles. The van der Waals surface area contributed by atoms with Gasteiger partial charge in [0.2, 0.25) is 5.91 Å². The van der Waals surface area contributed by atoms with Gasteiger partial charge in [0.25, 0.3) is 5.91 Å². The third-order valence-electron chi connectivity index (χ3n) is 4.02. The monoisotopic (exact) mass is 407 g/mol. The standard InChI is InChI=1S/C18H21N3O6S/c1-3-27-14(22)10-13-16(24)19-7-8-21(13)18(28)20-15(23)11-5-4-6-12(9-11)17(25)26-2/h4-6,9,13H,3,7-8,10H2,1-2H3,(H,19,24)(H,20,23,28). The molecule has 1 aliphatic heterocycles. The van der Waals surface area contributed by atoms with E-state index in [0.29, 0.717) is 13.1 Å². The summed E-state index contributed by atoms with van der Waals surface area (Å²) >= 11 is 5.28. The Bertz CT molecular complexity index is 797. The highest BCUT2D eigenvalue weighted by Crippen LogP contribution is 2.12. The number of carbonyl (C=O) groups is 4. The molecule has 1 aromatic rings. The molecule has 2 amide bonds. The Hall–Kier alpha value is -3.01. The number of nitrogens with zero attached hydrogens (tertiary/aromatic N) is 1. The summed E-state index contributed by atoms with van der Waals surface area (Å²) in [4.78, 5) is 49.6. The number of esters is 2. The fraction of sp³-hybridized carbons (Fsp3) is 0.389. The van der Waals surface area contributed by atoms with Crippen molar-refractivity contribution in [3.63, 3.8) is 0 Å². The van der Waals surface area contributed by atoms with Gasteiger partial charge in [-0.3, -0.25) is 19.7 Å². The van der Waals surface area contributed by atoms with E-state index < -0.39 is 23.9 Å². The average Bonchev–Trinajstić information content (AvgIpc) is 2.69. The van der Waals surface area contributed by atoms with E-state index in [4.69, 9.17) is 17.0 Å². The van der Waals surface area contributed by atoms with E-state index in [1.807, 2.05) is 0 Å². The van der Waals surface area contributed by atoms with E-state index in [1.54, 1.807) is 13.0 Å². The van der Waals surface area contributed by atoms with Gasteiger partial charge in [0.05, 0.1) is 25.7 Å². The molecule has 9 nitrogen and oxygen atoms in total. The zero-order valence-electron chi connectivity index (χ0n) is 15.5. The van der Waals surface area contributed by atoms with Gasteiger partial charge < -0.3 is 19.7 Å². The number of thiocarbonyl (C=S) groups is 1. The highest BCUT2D eigenvalue weighted by atomic mass is 32.1. The molecule has 1 unspecified atom stereocenters. The van der Waals surface area contributed by atoms with Crippen molar-refractivity contribution in [2.24, 2.45) is 0 Å². The van der Waals surface area contributed by atoms with Crippen LogP contribution in [0.1, 0.15) is 34.1 Å². The molecule has 0 bridgehead atoms. The molecule has 1 atom stereocenters. The Balaban J connectivity index is 2.11. The second-order valence-electron chi connectivity index (χ2n) is 5.84. The second-order valence-corrected chi connectivity index (χ2v) is 6.23. The number of methoxy groups -OCH3 is 1. The van der Waals surface area contributed by atoms with Gasteiger partial charge in [-0.25, -0.2) is 4.79 Å². The Labute approximate surface area is 167 Å². The van der Waals surface area contributed by atoms with Crippen LogP contribution in [-0.2, 0) is 19.1 Å². The van der Waals surface area contributed by atoms with Crippen molar-refractivity contribution in [1.29, 1.82) is 0 Å². The van der Waals surface area contributed by atoms with Crippen LogP contribution >= 0.6 is 12.2 Å². The molecule has 0 aliphatic carbocycles. The van der Waals surface area contributed by atoms with Crippen LogP contribution in [0.5, 0.6) is 0 Å². The first-order chi connectivity index (χ1) is 13.4. The largest absolute Gasteiger partial charge is 0.466 e. The van der Waals surface area contributed by atoms with Crippen LogP contribution in [0.25, 0.3) is 0 Å². The number of ether oxygens (including phenoxy) is 2. The lowest BCUT2D eigenvalue weighted by molar-refractivity contribution is -0.147. The Morgan fingerprint density at radius 3 is 2.71 bits per heavy atom. The van der Waals surface area contributed by atoms with Gasteiger partial charge in [-0.05, 0) is 37.3 Å². The van der Waals surface area contributed by atoms with Gasteiger partial charge in [0, 0.05) is 18.7 Å². The first kappa shape index (κ1) is 21.3. The zero-order valence-corrected chi connectivity index (χ0v) is 16.3. The molecule has 0 spiro atoms. The number of rotatable bonds is 5. The van der Waals surface area contributed by atoms with Crippen LogP contribution < -0.4 is 10.6 Å². The van der Waals surface area contributed by atoms with E-state index in [0.717, 1.165) is 0 Å². The number of hydrogen-bond donors (Lipinski definition) is 2. The lowest BCUT2D eigenvalue weighted by atomic mass is 10.1. The summed E-state index contributed by atoms with van der Waals surface area (Å²) in [5.74, 6) is -2.02. The van der Waals surface area contributed by atoms with E-state index in [2.05, 4.69) is 15.4 Å².